The summed E-state index contributed by atoms with van der Waals surface area (Å²) in [7, 11) is 0. The maximum Gasteiger partial charge on any atom is 0.345 e. The van der Waals surface area contributed by atoms with Gasteiger partial charge in [0.2, 0.25) is 5.88 Å². The van der Waals surface area contributed by atoms with E-state index in [9.17, 15) is 10.1 Å². The number of aromatic nitrogens is 1. The summed E-state index contributed by atoms with van der Waals surface area (Å²) in [6.45, 7) is 2.15. The number of ether oxygens (including phenoxy) is 1. The van der Waals surface area contributed by atoms with E-state index in [4.69, 9.17) is 9.15 Å². The minimum absolute atomic E-state index is 0.182. The summed E-state index contributed by atoms with van der Waals surface area (Å²) >= 11 is 6.90. The quantitative estimate of drug-likeness (QED) is 0.291. The first-order valence-electron chi connectivity index (χ1n) is 9.08. The molecule has 4 rings (SSSR count). The van der Waals surface area contributed by atoms with Gasteiger partial charge in [-0.05, 0) is 55.0 Å². The molecule has 0 aliphatic carbocycles. The molecule has 0 fully saturated rings. The normalized spacial score (nSPS) is 10.7. The topological polar surface area (TPSA) is 76.1 Å². The fourth-order valence-electron chi connectivity index (χ4n) is 3.17. The minimum Gasteiger partial charge on any atom is -0.477 e. The lowest BCUT2D eigenvalue weighted by atomic mass is 9.99. The zero-order valence-corrected chi connectivity index (χ0v) is 19.0. The van der Waals surface area contributed by atoms with Gasteiger partial charge in [0.25, 0.3) is 0 Å². The summed E-state index contributed by atoms with van der Waals surface area (Å²) in [6.07, 6.45) is 0. The lowest BCUT2D eigenvalue weighted by Gasteiger charge is -2.13. The van der Waals surface area contributed by atoms with Gasteiger partial charge in [0.15, 0.2) is 0 Å². The van der Waals surface area contributed by atoms with Crippen molar-refractivity contribution >= 4 is 42.8 Å². The first-order valence-corrected chi connectivity index (χ1v) is 10.7. The van der Waals surface area contributed by atoms with Crippen molar-refractivity contribution in [3.63, 3.8) is 0 Å². The molecule has 0 bridgehead atoms. The number of benzene rings is 2. The van der Waals surface area contributed by atoms with E-state index in [1.807, 2.05) is 43.3 Å². The van der Waals surface area contributed by atoms with Crippen LogP contribution < -0.4 is 10.4 Å². The third kappa shape index (κ3) is 3.89. The van der Waals surface area contributed by atoms with Crippen LogP contribution in [-0.4, -0.2) is 11.6 Å². The van der Waals surface area contributed by atoms with Crippen LogP contribution in [-0.2, 0) is 0 Å². The van der Waals surface area contributed by atoms with E-state index in [-0.39, 0.29) is 5.88 Å². The highest BCUT2D eigenvalue weighted by molar-refractivity contribution is 9.10. The van der Waals surface area contributed by atoms with Gasteiger partial charge in [0, 0.05) is 19.9 Å². The zero-order valence-electron chi connectivity index (χ0n) is 15.8. The lowest BCUT2D eigenvalue weighted by Crippen LogP contribution is -2.07. The molecule has 0 saturated heterocycles. The molecule has 4 aromatic rings. The van der Waals surface area contributed by atoms with Gasteiger partial charge < -0.3 is 9.15 Å². The predicted octanol–water partition coefficient (Wildman–Crippen LogP) is 6.32. The Balaban J connectivity index is 2.01. The van der Waals surface area contributed by atoms with Crippen LogP contribution in [0.4, 0.5) is 0 Å². The Labute approximate surface area is 189 Å². The van der Waals surface area contributed by atoms with Gasteiger partial charge in [0.1, 0.15) is 17.2 Å². The molecule has 0 saturated carbocycles. The van der Waals surface area contributed by atoms with Gasteiger partial charge in [-0.3, -0.25) is 0 Å². The molecule has 0 aliphatic heterocycles. The van der Waals surface area contributed by atoms with E-state index < -0.39 is 5.63 Å². The molecule has 2 heterocycles. The van der Waals surface area contributed by atoms with Crippen molar-refractivity contribution in [3.05, 3.63) is 79.5 Å². The number of rotatable bonds is 4. The van der Waals surface area contributed by atoms with Crippen LogP contribution in [0.15, 0.2) is 72.8 Å². The SMILES string of the molecule is CCOc1nc(-c2cc3cc(Br)ccc3oc2=O)cc(-c2cccc(Br)c2)c1C#N. The Morgan fingerprint density at radius 2 is 1.87 bits per heavy atom. The Kier molecular flexibility index (Phi) is 5.71. The molecular formula is C23H14Br2N2O3. The smallest absolute Gasteiger partial charge is 0.345 e. The molecule has 0 aliphatic rings. The maximum absolute atomic E-state index is 12.7. The van der Waals surface area contributed by atoms with Crippen LogP contribution in [0.5, 0.6) is 5.88 Å². The summed E-state index contributed by atoms with van der Waals surface area (Å²) in [4.78, 5) is 17.2. The molecule has 2 aromatic carbocycles. The Morgan fingerprint density at radius 1 is 1.07 bits per heavy atom. The minimum atomic E-state index is -0.510. The monoisotopic (exact) mass is 524 g/mol. The van der Waals surface area contributed by atoms with Crippen LogP contribution in [0, 0.1) is 11.3 Å². The van der Waals surface area contributed by atoms with Crippen molar-refractivity contribution in [2.24, 2.45) is 0 Å². The predicted molar refractivity (Wildman–Crippen MR) is 122 cm³/mol. The van der Waals surface area contributed by atoms with Gasteiger partial charge in [-0.25, -0.2) is 9.78 Å². The summed E-state index contributed by atoms with van der Waals surface area (Å²) in [5.41, 5.74) is 2.39. The summed E-state index contributed by atoms with van der Waals surface area (Å²) in [5.74, 6) is 0.182. The van der Waals surface area contributed by atoms with Gasteiger partial charge in [0.05, 0.1) is 17.9 Å². The number of nitriles is 1. The first-order chi connectivity index (χ1) is 14.5. The third-order valence-electron chi connectivity index (χ3n) is 4.48. The van der Waals surface area contributed by atoms with Gasteiger partial charge in [-0.2, -0.15) is 5.26 Å². The van der Waals surface area contributed by atoms with Gasteiger partial charge in [-0.1, -0.05) is 44.0 Å². The molecule has 0 radical (unpaired) electrons. The average molecular weight is 526 g/mol. The van der Waals surface area contributed by atoms with E-state index in [2.05, 4.69) is 42.9 Å². The highest BCUT2D eigenvalue weighted by Crippen LogP contribution is 2.34. The molecule has 0 unspecified atom stereocenters. The molecule has 0 amide bonds. The Bertz CT molecular complexity index is 1370. The lowest BCUT2D eigenvalue weighted by molar-refractivity contribution is 0.326. The van der Waals surface area contributed by atoms with Crippen LogP contribution in [0.25, 0.3) is 33.4 Å². The van der Waals surface area contributed by atoms with Crippen molar-refractivity contribution in [1.82, 2.24) is 4.98 Å². The number of hydrogen-bond donors (Lipinski definition) is 0. The standard InChI is InChI=1S/C23H14Br2N2O3/c1-2-29-22-19(12-26)17(13-4-3-5-15(24)8-13)11-20(27-22)18-10-14-9-16(25)6-7-21(14)30-23(18)28/h3-11H,2H2,1H3. The van der Waals surface area contributed by atoms with Gasteiger partial charge >= 0.3 is 5.63 Å². The zero-order chi connectivity index (χ0) is 21.3. The fraction of sp³-hybridized carbons (Fsp3) is 0.0870. The first kappa shape index (κ1) is 20.3. The fourth-order valence-corrected chi connectivity index (χ4v) is 3.94. The van der Waals surface area contributed by atoms with E-state index in [0.717, 1.165) is 19.9 Å². The van der Waals surface area contributed by atoms with Crippen molar-refractivity contribution in [3.8, 4) is 34.3 Å². The van der Waals surface area contributed by atoms with Crippen LogP contribution >= 0.6 is 31.9 Å². The molecule has 30 heavy (non-hydrogen) atoms. The largest absolute Gasteiger partial charge is 0.477 e. The molecular weight excluding hydrogens is 512 g/mol. The van der Waals surface area contributed by atoms with Gasteiger partial charge in [-0.15, -0.1) is 0 Å². The molecule has 0 atom stereocenters. The summed E-state index contributed by atoms with van der Waals surface area (Å²) in [5, 5.41) is 10.5. The molecule has 0 N–H and O–H groups in total. The highest BCUT2D eigenvalue weighted by atomic mass is 79.9. The molecule has 7 heteroatoms. The molecule has 5 nitrogen and oxygen atoms in total. The Morgan fingerprint density at radius 3 is 2.60 bits per heavy atom. The number of fused-ring (bicyclic) bond motifs is 1. The average Bonchev–Trinajstić information content (AvgIpc) is 2.73. The van der Waals surface area contributed by atoms with E-state index >= 15 is 0 Å². The Hall–Kier alpha value is -2.95. The summed E-state index contributed by atoms with van der Waals surface area (Å²) < 4.78 is 12.9. The van der Waals surface area contributed by atoms with E-state index in [0.29, 0.717) is 34.6 Å². The second-order valence-electron chi connectivity index (χ2n) is 6.42. The van der Waals surface area contributed by atoms with Crippen LogP contribution in [0.2, 0.25) is 0 Å². The second-order valence-corrected chi connectivity index (χ2v) is 8.25. The summed E-state index contributed by atoms with van der Waals surface area (Å²) in [6, 6.07) is 18.6. The van der Waals surface area contributed by atoms with Crippen molar-refractivity contribution in [2.45, 2.75) is 6.92 Å². The highest BCUT2D eigenvalue weighted by Gasteiger charge is 2.19. The molecule has 0 spiro atoms. The third-order valence-corrected chi connectivity index (χ3v) is 5.47. The molecule has 148 valence electrons. The second kappa shape index (κ2) is 8.42. The van der Waals surface area contributed by atoms with Crippen molar-refractivity contribution in [2.75, 3.05) is 6.61 Å². The molecule has 2 aromatic heterocycles. The number of nitrogens with zero attached hydrogens (tertiary/aromatic N) is 2. The van der Waals surface area contributed by atoms with Crippen LogP contribution in [0.1, 0.15) is 12.5 Å². The number of hydrogen-bond acceptors (Lipinski definition) is 5. The maximum atomic E-state index is 12.7. The van der Waals surface area contributed by atoms with E-state index in [1.165, 1.54) is 0 Å². The van der Waals surface area contributed by atoms with Crippen molar-refractivity contribution < 1.29 is 9.15 Å². The van der Waals surface area contributed by atoms with Crippen molar-refractivity contribution in [1.29, 1.82) is 5.26 Å². The van der Waals surface area contributed by atoms with E-state index in [1.54, 1.807) is 18.2 Å². The van der Waals surface area contributed by atoms with Crippen LogP contribution in [0.3, 0.4) is 0 Å². The number of pyridine rings is 1. The number of halogens is 2.